The van der Waals surface area contributed by atoms with E-state index < -0.39 is 0 Å². The van der Waals surface area contributed by atoms with Gasteiger partial charge in [-0.15, -0.1) is 0 Å². The van der Waals surface area contributed by atoms with Crippen LogP contribution in [-0.4, -0.2) is 29.9 Å². The van der Waals surface area contributed by atoms with Gasteiger partial charge in [-0.25, -0.2) is 0 Å². The molecule has 2 aliphatic rings. The summed E-state index contributed by atoms with van der Waals surface area (Å²) in [6.07, 6.45) is 6.64. The molecule has 0 radical (unpaired) electrons. The summed E-state index contributed by atoms with van der Waals surface area (Å²) in [5.41, 5.74) is 5.55. The first-order chi connectivity index (χ1) is 7.16. The number of amides is 1. The van der Waals surface area contributed by atoms with E-state index in [1.54, 1.807) is 0 Å². The molecule has 1 saturated carbocycles. The topological polar surface area (TPSA) is 46.3 Å². The Labute approximate surface area is 92.0 Å². The molecule has 2 fully saturated rings. The average molecular weight is 210 g/mol. The summed E-state index contributed by atoms with van der Waals surface area (Å²) in [6.45, 7) is 4.06. The number of rotatable bonds is 3. The molecule has 3 heteroatoms. The van der Waals surface area contributed by atoms with E-state index in [2.05, 4.69) is 6.92 Å². The molecule has 0 bridgehead atoms. The third kappa shape index (κ3) is 2.51. The highest BCUT2D eigenvalue weighted by Gasteiger charge is 2.33. The van der Waals surface area contributed by atoms with Crippen molar-refractivity contribution in [1.82, 2.24) is 4.90 Å². The highest BCUT2D eigenvalue weighted by Crippen LogP contribution is 2.30. The Bertz CT molecular complexity index is 234. The lowest BCUT2D eigenvalue weighted by Gasteiger charge is -2.37. The van der Waals surface area contributed by atoms with E-state index in [0.717, 1.165) is 24.9 Å². The van der Waals surface area contributed by atoms with Gasteiger partial charge in [0.2, 0.25) is 5.91 Å². The molecule has 1 heterocycles. The molecule has 0 aromatic rings. The third-order valence-corrected chi connectivity index (χ3v) is 3.99. The summed E-state index contributed by atoms with van der Waals surface area (Å²) in [4.78, 5) is 13.2. The number of hydrogen-bond acceptors (Lipinski definition) is 2. The Hall–Kier alpha value is -0.570. The molecule has 1 aliphatic heterocycles. The summed E-state index contributed by atoms with van der Waals surface area (Å²) in [5.74, 6) is 1.92. The van der Waals surface area contributed by atoms with E-state index in [1.807, 2.05) is 4.90 Å². The lowest BCUT2D eigenvalue weighted by atomic mass is 9.81. The van der Waals surface area contributed by atoms with Gasteiger partial charge in [-0.2, -0.15) is 0 Å². The number of likely N-dealkylation sites (tertiary alicyclic amines) is 1. The normalized spacial score (nSPS) is 36.5. The predicted octanol–water partition coefficient (Wildman–Crippen LogP) is 1.37. The van der Waals surface area contributed by atoms with E-state index in [0.29, 0.717) is 0 Å². The Morgan fingerprint density at radius 3 is 2.53 bits per heavy atom. The SMILES string of the molecule is CC1CCC(CCN2CC(N)C2=O)CC1. The minimum atomic E-state index is -0.198. The van der Waals surface area contributed by atoms with Gasteiger partial charge in [0.1, 0.15) is 6.04 Å². The molecule has 0 spiro atoms. The number of nitrogens with zero attached hydrogens (tertiary/aromatic N) is 1. The first-order valence-electron chi connectivity index (χ1n) is 6.21. The molecule has 2 N–H and O–H groups in total. The first kappa shape index (κ1) is 10.9. The molecule has 86 valence electrons. The molecule has 15 heavy (non-hydrogen) atoms. The Morgan fingerprint density at radius 2 is 2.00 bits per heavy atom. The van der Waals surface area contributed by atoms with Gasteiger partial charge in [0.05, 0.1) is 0 Å². The number of β-lactam (4-membered cyclic amide) rings is 1. The molecule has 1 unspecified atom stereocenters. The first-order valence-corrected chi connectivity index (χ1v) is 6.21. The molecule has 0 aromatic carbocycles. The fourth-order valence-electron chi connectivity index (χ4n) is 2.69. The molecule has 1 amide bonds. The third-order valence-electron chi connectivity index (χ3n) is 3.99. The average Bonchev–Trinajstić information content (AvgIpc) is 2.26. The van der Waals surface area contributed by atoms with Gasteiger partial charge in [0.15, 0.2) is 0 Å². The van der Waals surface area contributed by atoms with Crippen molar-refractivity contribution in [3.05, 3.63) is 0 Å². The van der Waals surface area contributed by atoms with E-state index in [-0.39, 0.29) is 11.9 Å². The number of hydrogen-bond donors (Lipinski definition) is 1. The van der Waals surface area contributed by atoms with Gasteiger partial charge in [-0.1, -0.05) is 32.6 Å². The highest BCUT2D eigenvalue weighted by molar-refractivity contribution is 5.87. The van der Waals surface area contributed by atoms with Crippen molar-refractivity contribution < 1.29 is 4.79 Å². The maximum Gasteiger partial charge on any atom is 0.241 e. The summed E-state index contributed by atoms with van der Waals surface area (Å²) >= 11 is 0. The van der Waals surface area contributed by atoms with Gasteiger partial charge in [0.25, 0.3) is 0 Å². The molecule has 1 saturated heterocycles. The quantitative estimate of drug-likeness (QED) is 0.715. The minimum Gasteiger partial charge on any atom is -0.339 e. The number of carbonyl (C=O) groups is 1. The van der Waals surface area contributed by atoms with Crippen molar-refractivity contribution >= 4 is 5.91 Å². The van der Waals surface area contributed by atoms with Gasteiger partial charge in [-0.3, -0.25) is 4.79 Å². The van der Waals surface area contributed by atoms with Gasteiger partial charge in [0, 0.05) is 13.1 Å². The van der Waals surface area contributed by atoms with E-state index in [9.17, 15) is 4.79 Å². The number of carbonyl (C=O) groups excluding carboxylic acids is 1. The van der Waals surface area contributed by atoms with Crippen molar-refractivity contribution in [2.45, 2.75) is 45.1 Å². The molecule has 1 aliphatic carbocycles. The van der Waals surface area contributed by atoms with Crippen molar-refractivity contribution in [1.29, 1.82) is 0 Å². The van der Waals surface area contributed by atoms with Crippen LogP contribution in [0.3, 0.4) is 0 Å². The van der Waals surface area contributed by atoms with Gasteiger partial charge < -0.3 is 10.6 Å². The van der Waals surface area contributed by atoms with Crippen LogP contribution in [0.25, 0.3) is 0 Å². The zero-order valence-electron chi connectivity index (χ0n) is 9.61. The molecular weight excluding hydrogens is 188 g/mol. The van der Waals surface area contributed by atoms with Gasteiger partial charge in [-0.05, 0) is 18.3 Å². The van der Waals surface area contributed by atoms with Crippen molar-refractivity contribution in [3.63, 3.8) is 0 Å². The Kier molecular flexibility index (Phi) is 3.29. The van der Waals surface area contributed by atoms with Crippen LogP contribution in [0.5, 0.6) is 0 Å². The lowest BCUT2D eigenvalue weighted by Crippen LogP contribution is -2.61. The number of nitrogens with two attached hydrogens (primary N) is 1. The monoisotopic (exact) mass is 210 g/mol. The van der Waals surface area contributed by atoms with Crippen molar-refractivity contribution in [2.75, 3.05) is 13.1 Å². The maximum atomic E-state index is 11.3. The smallest absolute Gasteiger partial charge is 0.241 e. The molecule has 1 atom stereocenters. The Balaban J connectivity index is 1.64. The zero-order chi connectivity index (χ0) is 10.8. The van der Waals surface area contributed by atoms with Gasteiger partial charge >= 0.3 is 0 Å². The summed E-state index contributed by atoms with van der Waals surface area (Å²) < 4.78 is 0. The molecule has 0 aromatic heterocycles. The standard InChI is InChI=1S/C12H22N2O/c1-9-2-4-10(5-3-9)6-7-14-8-11(13)12(14)15/h9-11H,2-8,13H2,1H3. The van der Waals surface area contributed by atoms with E-state index in [1.165, 1.54) is 32.1 Å². The largest absolute Gasteiger partial charge is 0.339 e. The lowest BCUT2D eigenvalue weighted by molar-refractivity contribution is -0.142. The van der Waals surface area contributed by atoms with Crippen LogP contribution in [0.15, 0.2) is 0 Å². The van der Waals surface area contributed by atoms with Crippen LogP contribution in [0, 0.1) is 11.8 Å². The Morgan fingerprint density at radius 1 is 1.33 bits per heavy atom. The van der Waals surface area contributed by atoms with Crippen molar-refractivity contribution in [3.8, 4) is 0 Å². The summed E-state index contributed by atoms with van der Waals surface area (Å²) in [5, 5.41) is 0. The molecule has 3 nitrogen and oxygen atoms in total. The predicted molar refractivity (Wildman–Crippen MR) is 60.3 cm³/mol. The summed E-state index contributed by atoms with van der Waals surface area (Å²) in [6, 6.07) is -0.198. The van der Waals surface area contributed by atoms with Crippen LogP contribution in [-0.2, 0) is 4.79 Å². The van der Waals surface area contributed by atoms with E-state index >= 15 is 0 Å². The fourth-order valence-corrected chi connectivity index (χ4v) is 2.69. The van der Waals surface area contributed by atoms with Crippen LogP contribution in [0.4, 0.5) is 0 Å². The molecule has 2 rings (SSSR count). The summed E-state index contributed by atoms with van der Waals surface area (Å²) in [7, 11) is 0. The minimum absolute atomic E-state index is 0.152. The fraction of sp³-hybridized carbons (Fsp3) is 0.917. The second-order valence-corrected chi connectivity index (χ2v) is 5.31. The highest BCUT2D eigenvalue weighted by atomic mass is 16.2. The van der Waals surface area contributed by atoms with Crippen LogP contribution < -0.4 is 5.73 Å². The zero-order valence-corrected chi connectivity index (χ0v) is 9.61. The van der Waals surface area contributed by atoms with Crippen LogP contribution >= 0.6 is 0 Å². The van der Waals surface area contributed by atoms with Crippen LogP contribution in [0.1, 0.15) is 39.0 Å². The van der Waals surface area contributed by atoms with Crippen molar-refractivity contribution in [2.24, 2.45) is 17.6 Å². The van der Waals surface area contributed by atoms with Crippen LogP contribution in [0.2, 0.25) is 0 Å². The second-order valence-electron chi connectivity index (χ2n) is 5.31. The molecular formula is C12H22N2O. The second kappa shape index (κ2) is 4.52. The maximum absolute atomic E-state index is 11.3. The van der Waals surface area contributed by atoms with E-state index in [4.69, 9.17) is 5.73 Å².